The van der Waals surface area contributed by atoms with E-state index in [0.29, 0.717) is 55.0 Å². The summed E-state index contributed by atoms with van der Waals surface area (Å²) in [4.78, 5) is 27.0. The van der Waals surface area contributed by atoms with Crippen molar-refractivity contribution in [1.82, 2.24) is 4.90 Å². The normalized spacial score (nSPS) is 14.8. The minimum Gasteiger partial charge on any atom is -0.378 e. The Labute approximate surface area is 189 Å². The quantitative estimate of drug-likeness (QED) is 0.506. The van der Waals surface area contributed by atoms with E-state index in [2.05, 4.69) is 0 Å². The van der Waals surface area contributed by atoms with Crippen molar-refractivity contribution in [3.8, 4) is 22.3 Å². The summed E-state index contributed by atoms with van der Waals surface area (Å²) in [6.45, 7) is 2.17. The molecule has 0 atom stereocenters. The largest absolute Gasteiger partial charge is 0.378 e. The van der Waals surface area contributed by atoms with Gasteiger partial charge in [-0.3, -0.25) is 9.59 Å². The molecule has 1 saturated heterocycles. The zero-order valence-corrected chi connectivity index (χ0v) is 17.9. The van der Waals surface area contributed by atoms with Crippen molar-refractivity contribution >= 4 is 23.4 Å². The average molecular weight is 451 g/mol. The lowest BCUT2D eigenvalue weighted by Crippen LogP contribution is -2.40. The number of ether oxygens (including phenoxy) is 1. The number of nitrogens with zero attached hydrogens (tertiary/aromatic N) is 1. The third-order valence-corrected chi connectivity index (χ3v) is 6.24. The third kappa shape index (κ3) is 3.66. The van der Waals surface area contributed by atoms with Crippen molar-refractivity contribution in [2.24, 2.45) is 5.73 Å². The molecule has 0 aromatic heterocycles. The topological polar surface area (TPSA) is 72.6 Å². The van der Waals surface area contributed by atoms with E-state index in [9.17, 15) is 14.0 Å². The molecule has 0 saturated carbocycles. The van der Waals surface area contributed by atoms with Gasteiger partial charge in [0.2, 0.25) is 5.91 Å². The van der Waals surface area contributed by atoms with E-state index in [4.69, 9.17) is 22.1 Å². The van der Waals surface area contributed by atoms with Crippen LogP contribution in [0.4, 0.5) is 4.39 Å². The molecule has 3 aromatic rings. The average Bonchev–Trinajstić information content (AvgIpc) is 3.15. The number of amides is 2. The smallest absolute Gasteiger partial charge is 0.254 e. The van der Waals surface area contributed by atoms with Crippen LogP contribution in [0.5, 0.6) is 0 Å². The standard InChI is InChI=1S/C25H20ClFN2O3/c26-18-7-16(8-19(27)13-18)17-11-21-20-10-15(25(31)29-3-5-32-6-4-29)2-1-14(20)9-22(21)23(12-17)24(28)30/h1-2,7-8,10-13H,3-6,9H2,(H2,28,30). The van der Waals surface area contributed by atoms with Crippen LogP contribution < -0.4 is 5.73 Å². The number of halogens is 2. The van der Waals surface area contributed by atoms with E-state index in [1.165, 1.54) is 12.1 Å². The minimum atomic E-state index is -0.553. The van der Waals surface area contributed by atoms with Gasteiger partial charge in [-0.2, -0.15) is 0 Å². The van der Waals surface area contributed by atoms with E-state index in [0.717, 1.165) is 22.3 Å². The first-order valence-corrected chi connectivity index (χ1v) is 10.7. The zero-order chi connectivity index (χ0) is 22.4. The van der Waals surface area contributed by atoms with Gasteiger partial charge in [0.05, 0.1) is 13.2 Å². The number of benzene rings is 3. The van der Waals surface area contributed by atoms with Gasteiger partial charge in [0.1, 0.15) is 5.82 Å². The van der Waals surface area contributed by atoms with Gasteiger partial charge in [0.15, 0.2) is 0 Å². The summed E-state index contributed by atoms with van der Waals surface area (Å²) in [7, 11) is 0. The Morgan fingerprint density at radius 2 is 1.72 bits per heavy atom. The summed E-state index contributed by atoms with van der Waals surface area (Å²) in [5, 5.41) is 0.264. The highest BCUT2D eigenvalue weighted by atomic mass is 35.5. The summed E-state index contributed by atoms with van der Waals surface area (Å²) >= 11 is 6.05. The number of rotatable bonds is 3. The van der Waals surface area contributed by atoms with Gasteiger partial charge < -0.3 is 15.4 Å². The highest BCUT2D eigenvalue weighted by molar-refractivity contribution is 6.30. The number of carbonyl (C=O) groups is 2. The molecular formula is C25H20ClFN2O3. The van der Waals surface area contributed by atoms with Crippen molar-refractivity contribution in [3.63, 3.8) is 0 Å². The van der Waals surface area contributed by atoms with Gasteiger partial charge in [-0.15, -0.1) is 0 Å². The number of morpholine rings is 1. The molecule has 2 N–H and O–H groups in total. The predicted octanol–water partition coefficient (Wildman–Crippen LogP) is 4.29. The third-order valence-electron chi connectivity index (χ3n) is 6.02. The predicted molar refractivity (Wildman–Crippen MR) is 120 cm³/mol. The molecule has 162 valence electrons. The van der Waals surface area contributed by atoms with Crippen LogP contribution in [0.25, 0.3) is 22.3 Å². The fourth-order valence-electron chi connectivity index (χ4n) is 4.46. The van der Waals surface area contributed by atoms with Crippen molar-refractivity contribution in [2.45, 2.75) is 6.42 Å². The Bertz CT molecular complexity index is 1250. The van der Waals surface area contributed by atoms with Gasteiger partial charge >= 0.3 is 0 Å². The molecule has 5 nitrogen and oxygen atoms in total. The van der Waals surface area contributed by atoms with Gasteiger partial charge in [0, 0.05) is 29.2 Å². The molecule has 1 aliphatic carbocycles. The van der Waals surface area contributed by atoms with Crippen LogP contribution in [0.1, 0.15) is 31.8 Å². The van der Waals surface area contributed by atoms with Crippen molar-refractivity contribution in [1.29, 1.82) is 0 Å². The Balaban J connectivity index is 1.62. The summed E-state index contributed by atoms with van der Waals surface area (Å²) in [5.41, 5.74) is 11.4. The van der Waals surface area contributed by atoms with Gasteiger partial charge in [0.25, 0.3) is 5.91 Å². The maximum atomic E-state index is 14.0. The fourth-order valence-corrected chi connectivity index (χ4v) is 4.69. The monoisotopic (exact) mass is 450 g/mol. The molecule has 2 aliphatic rings. The van der Waals surface area contributed by atoms with E-state index in [1.54, 1.807) is 17.0 Å². The lowest BCUT2D eigenvalue weighted by atomic mass is 9.93. The maximum Gasteiger partial charge on any atom is 0.254 e. The second-order valence-corrected chi connectivity index (χ2v) is 8.46. The van der Waals surface area contributed by atoms with E-state index >= 15 is 0 Å². The summed E-state index contributed by atoms with van der Waals surface area (Å²) in [6, 6.07) is 13.4. The first-order valence-electron chi connectivity index (χ1n) is 10.3. The van der Waals surface area contributed by atoms with E-state index < -0.39 is 11.7 Å². The number of primary amides is 1. The van der Waals surface area contributed by atoms with Gasteiger partial charge in [-0.25, -0.2) is 4.39 Å². The van der Waals surface area contributed by atoms with Crippen LogP contribution in [0.15, 0.2) is 48.5 Å². The summed E-state index contributed by atoms with van der Waals surface area (Å²) < 4.78 is 19.3. The molecular weight excluding hydrogens is 431 g/mol. The van der Waals surface area contributed by atoms with Crippen LogP contribution in [-0.2, 0) is 11.2 Å². The van der Waals surface area contributed by atoms with Crippen molar-refractivity contribution in [2.75, 3.05) is 26.3 Å². The minimum absolute atomic E-state index is 0.0484. The van der Waals surface area contributed by atoms with Crippen LogP contribution in [0.3, 0.4) is 0 Å². The molecule has 0 unspecified atom stereocenters. The molecule has 5 rings (SSSR count). The molecule has 0 bridgehead atoms. The molecule has 0 spiro atoms. The molecule has 1 aliphatic heterocycles. The van der Waals surface area contributed by atoms with E-state index in [1.807, 2.05) is 24.3 Å². The molecule has 0 radical (unpaired) electrons. The Morgan fingerprint density at radius 3 is 2.44 bits per heavy atom. The second-order valence-electron chi connectivity index (χ2n) is 8.03. The molecule has 32 heavy (non-hydrogen) atoms. The first-order chi connectivity index (χ1) is 15.4. The van der Waals surface area contributed by atoms with Crippen LogP contribution in [0.2, 0.25) is 5.02 Å². The Hall–Kier alpha value is -3.22. The first kappa shape index (κ1) is 20.7. The van der Waals surface area contributed by atoms with Crippen molar-refractivity contribution in [3.05, 3.63) is 81.6 Å². The highest BCUT2D eigenvalue weighted by Crippen LogP contribution is 2.42. The van der Waals surface area contributed by atoms with Gasteiger partial charge in [-0.1, -0.05) is 17.7 Å². The number of carbonyl (C=O) groups excluding carboxylic acids is 2. The number of hydrogen-bond acceptors (Lipinski definition) is 3. The maximum absolute atomic E-state index is 14.0. The number of fused-ring (bicyclic) bond motifs is 3. The lowest BCUT2D eigenvalue weighted by Gasteiger charge is -2.27. The SMILES string of the molecule is NC(=O)c1cc(-c2cc(F)cc(Cl)c2)cc2c1Cc1ccc(C(=O)N3CCOCC3)cc1-2. The van der Waals surface area contributed by atoms with Crippen LogP contribution in [-0.4, -0.2) is 43.0 Å². The fraction of sp³-hybridized carbons (Fsp3) is 0.200. The second kappa shape index (κ2) is 8.04. The van der Waals surface area contributed by atoms with Crippen molar-refractivity contribution < 1.29 is 18.7 Å². The lowest BCUT2D eigenvalue weighted by molar-refractivity contribution is 0.0303. The number of hydrogen-bond donors (Lipinski definition) is 1. The zero-order valence-electron chi connectivity index (χ0n) is 17.2. The summed E-state index contributed by atoms with van der Waals surface area (Å²) in [6.07, 6.45) is 0.541. The van der Waals surface area contributed by atoms with Gasteiger partial charge in [-0.05, 0) is 82.3 Å². The summed E-state index contributed by atoms with van der Waals surface area (Å²) in [5.74, 6) is -1.07. The molecule has 7 heteroatoms. The van der Waals surface area contributed by atoms with Crippen LogP contribution >= 0.6 is 11.6 Å². The molecule has 2 amide bonds. The Kier molecular flexibility index (Phi) is 5.19. The van der Waals surface area contributed by atoms with Crippen LogP contribution in [0, 0.1) is 5.82 Å². The molecule has 1 fully saturated rings. The Morgan fingerprint density at radius 1 is 0.969 bits per heavy atom. The highest BCUT2D eigenvalue weighted by Gasteiger charge is 2.27. The van der Waals surface area contributed by atoms with E-state index in [-0.39, 0.29) is 10.9 Å². The number of nitrogens with two attached hydrogens (primary N) is 1. The molecule has 1 heterocycles. The molecule has 3 aromatic carbocycles.